The summed E-state index contributed by atoms with van der Waals surface area (Å²) in [6.45, 7) is 7.91. The Morgan fingerprint density at radius 3 is 2.20 bits per heavy atom. The maximum atomic E-state index is 5.32. The molecule has 58 valence electrons. The second-order valence-corrected chi connectivity index (χ2v) is 9.42. The predicted molar refractivity (Wildman–Crippen MR) is 49.9 cm³/mol. The van der Waals surface area contributed by atoms with Crippen molar-refractivity contribution in [3.63, 3.8) is 0 Å². The van der Waals surface area contributed by atoms with Gasteiger partial charge in [0.05, 0.1) is 14.7 Å². The molecule has 10 heavy (non-hydrogen) atoms. The molecular formula is C7H13BrOSi. The molecule has 0 aromatic rings. The minimum atomic E-state index is -1.08. The van der Waals surface area contributed by atoms with E-state index in [2.05, 4.69) is 35.6 Å². The summed E-state index contributed by atoms with van der Waals surface area (Å²) in [5.41, 5.74) is 0. The van der Waals surface area contributed by atoms with Crippen molar-refractivity contribution < 1.29 is 4.74 Å². The van der Waals surface area contributed by atoms with Gasteiger partial charge in [0.15, 0.2) is 4.67 Å². The number of hydrogen-bond donors (Lipinski definition) is 0. The van der Waals surface area contributed by atoms with Crippen molar-refractivity contribution in [2.45, 2.75) is 26.1 Å². The molecule has 0 amide bonds. The van der Waals surface area contributed by atoms with E-state index in [0.717, 1.165) is 17.7 Å². The summed E-state index contributed by atoms with van der Waals surface area (Å²) in [6, 6.07) is 0. The first-order valence-electron chi connectivity index (χ1n) is 3.54. The maximum Gasteiger partial charge on any atom is 0.157 e. The molecule has 0 radical (unpaired) electrons. The highest BCUT2D eigenvalue weighted by Gasteiger charge is 2.26. The zero-order valence-corrected chi connectivity index (χ0v) is 9.29. The van der Waals surface area contributed by atoms with E-state index in [-0.39, 0.29) is 0 Å². The third kappa shape index (κ3) is 1.64. The van der Waals surface area contributed by atoms with Crippen LogP contribution in [0.25, 0.3) is 0 Å². The van der Waals surface area contributed by atoms with Crippen molar-refractivity contribution in [1.82, 2.24) is 0 Å². The minimum Gasteiger partial charge on any atom is -0.487 e. The van der Waals surface area contributed by atoms with Crippen LogP contribution in [0.3, 0.4) is 0 Å². The van der Waals surface area contributed by atoms with E-state index in [1.165, 1.54) is 5.20 Å². The second-order valence-electron chi connectivity index (χ2n) is 3.60. The van der Waals surface area contributed by atoms with Crippen LogP contribution in [0.5, 0.6) is 0 Å². The summed E-state index contributed by atoms with van der Waals surface area (Å²) >= 11 is 3.43. The van der Waals surface area contributed by atoms with E-state index >= 15 is 0 Å². The lowest BCUT2D eigenvalue weighted by Gasteiger charge is -2.16. The van der Waals surface area contributed by atoms with Crippen molar-refractivity contribution in [1.29, 1.82) is 0 Å². The maximum absolute atomic E-state index is 5.32. The molecule has 1 nitrogen and oxygen atoms in total. The molecule has 0 bridgehead atoms. The van der Waals surface area contributed by atoms with Crippen LogP contribution in [0.1, 0.15) is 6.42 Å². The fourth-order valence-electron chi connectivity index (χ4n) is 1.10. The molecule has 0 aliphatic carbocycles. The molecule has 1 heterocycles. The number of halogens is 1. The van der Waals surface area contributed by atoms with Crippen LogP contribution in [0.2, 0.25) is 19.6 Å². The fourth-order valence-corrected chi connectivity index (χ4v) is 4.76. The van der Waals surface area contributed by atoms with Gasteiger partial charge in [-0.3, -0.25) is 0 Å². The first-order chi connectivity index (χ1) is 4.52. The Labute approximate surface area is 71.6 Å². The van der Waals surface area contributed by atoms with Gasteiger partial charge in [0, 0.05) is 6.42 Å². The molecule has 3 heteroatoms. The largest absolute Gasteiger partial charge is 0.487 e. The first-order valence-corrected chi connectivity index (χ1v) is 7.83. The summed E-state index contributed by atoms with van der Waals surface area (Å²) in [5, 5.41) is 1.53. The van der Waals surface area contributed by atoms with Crippen LogP contribution in [0.4, 0.5) is 0 Å². The van der Waals surface area contributed by atoms with E-state index in [1.807, 2.05) is 0 Å². The van der Waals surface area contributed by atoms with Crippen LogP contribution in [-0.4, -0.2) is 14.7 Å². The van der Waals surface area contributed by atoms with Crippen LogP contribution < -0.4 is 0 Å². The Hall–Kier alpha value is 0.237. The summed E-state index contributed by atoms with van der Waals surface area (Å²) in [7, 11) is -1.08. The number of rotatable bonds is 1. The van der Waals surface area contributed by atoms with Gasteiger partial charge in [-0.25, -0.2) is 0 Å². The summed E-state index contributed by atoms with van der Waals surface area (Å²) in [4.78, 5) is 0. The molecule has 0 saturated carbocycles. The molecular weight excluding hydrogens is 208 g/mol. The lowest BCUT2D eigenvalue weighted by Crippen LogP contribution is -2.23. The molecule has 0 unspecified atom stereocenters. The van der Waals surface area contributed by atoms with Crippen LogP contribution in [0, 0.1) is 0 Å². The smallest absolute Gasteiger partial charge is 0.157 e. The highest BCUT2D eigenvalue weighted by Crippen LogP contribution is 2.31. The Morgan fingerprint density at radius 1 is 1.40 bits per heavy atom. The van der Waals surface area contributed by atoms with Gasteiger partial charge < -0.3 is 4.74 Å². The van der Waals surface area contributed by atoms with Crippen molar-refractivity contribution in [2.24, 2.45) is 0 Å². The van der Waals surface area contributed by atoms with Gasteiger partial charge in [-0.1, -0.05) is 19.6 Å². The molecule has 0 aromatic carbocycles. The van der Waals surface area contributed by atoms with Crippen molar-refractivity contribution in [2.75, 3.05) is 6.61 Å². The van der Waals surface area contributed by atoms with Gasteiger partial charge in [0.25, 0.3) is 0 Å². The average molecular weight is 221 g/mol. The normalized spacial score (nSPS) is 19.6. The van der Waals surface area contributed by atoms with Crippen LogP contribution >= 0.6 is 15.9 Å². The minimum absolute atomic E-state index is 0.875. The second kappa shape index (κ2) is 2.70. The summed E-state index contributed by atoms with van der Waals surface area (Å²) in [6.07, 6.45) is 1.14. The van der Waals surface area contributed by atoms with E-state index in [1.54, 1.807) is 0 Å². The van der Waals surface area contributed by atoms with Gasteiger partial charge >= 0.3 is 0 Å². The highest BCUT2D eigenvalue weighted by atomic mass is 79.9. The van der Waals surface area contributed by atoms with Crippen LogP contribution in [-0.2, 0) is 4.74 Å². The monoisotopic (exact) mass is 220 g/mol. The molecule has 0 fully saturated rings. The Balaban J connectivity index is 2.81. The molecule has 1 aliphatic heterocycles. The average Bonchev–Trinajstić information content (AvgIpc) is 2.11. The predicted octanol–water partition coefficient (Wildman–Crippen LogP) is 2.89. The van der Waals surface area contributed by atoms with Crippen molar-refractivity contribution in [3.05, 3.63) is 9.86 Å². The van der Waals surface area contributed by atoms with Gasteiger partial charge in [-0.2, -0.15) is 0 Å². The molecule has 0 spiro atoms. The molecule has 0 N–H and O–H groups in total. The number of ether oxygens (including phenoxy) is 1. The third-order valence-electron chi connectivity index (χ3n) is 1.72. The zero-order valence-electron chi connectivity index (χ0n) is 6.70. The van der Waals surface area contributed by atoms with Gasteiger partial charge in [-0.05, 0) is 21.1 Å². The zero-order chi connectivity index (χ0) is 7.78. The van der Waals surface area contributed by atoms with E-state index in [9.17, 15) is 0 Å². The van der Waals surface area contributed by atoms with Crippen LogP contribution in [0.15, 0.2) is 9.86 Å². The van der Waals surface area contributed by atoms with E-state index in [4.69, 9.17) is 4.74 Å². The summed E-state index contributed by atoms with van der Waals surface area (Å²) in [5.74, 6) is 0. The lowest BCUT2D eigenvalue weighted by atomic mass is 10.5. The molecule has 1 rings (SSSR count). The highest BCUT2D eigenvalue weighted by molar-refractivity contribution is 9.11. The quantitative estimate of drug-likeness (QED) is 0.618. The Bertz CT molecular complexity index is 169. The van der Waals surface area contributed by atoms with Crippen molar-refractivity contribution in [3.8, 4) is 0 Å². The summed E-state index contributed by atoms with van der Waals surface area (Å²) < 4.78 is 6.34. The van der Waals surface area contributed by atoms with Gasteiger partial charge in [0.2, 0.25) is 0 Å². The lowest BCUT2D eigenvalue weighted by molar-refractivity contribution is 0.273. The molecule has 0 aromatic heterocycles. The topological polar surface area (TPSA) is 9.23 Å². The number of hydrogen-bond acceptors (Lipinski definition) is 1. The Kier molecular flexibility index (Phi) is 2.25. The molecule has 1 aliphatic rings. The van der Waals surface area contributed by atoms with E-state index < -0.39 is 8.07 Å². The molecule has 0 saturated heterocycles. The SMILES string of the molecule is C[Si](C)(C)C1=C(Br)OCC1. The fraction of sp³-hybridized carbons (Fsp3) is 0.714. The van der Waals surface area contributed by atoms with Crippen molar-refractivity contribution >= 4 is 24.0 Å². The third-order valence-corrected chi connectivity index (χ3v) is 5.08. The standard InChI is InChI=1S/C7H13BrOSi/c1-10(2,3)6-4-5-9-7(6)8/h4-5H2,1-3H3. The molecule has 0 atom stereocenters. The first kappa shape index (κ1) is 8.33. The van der Waals surface area contributed by atoms with E-state index in [0.29, 0.717) is 0 Å². The van der Waals surface area contributed by atoms with Gasteiger partial charge in [0.1, 0.15) is 0 Å². The Morgan fingerprint density at radius 2 is 2.00 bits per heavy atom. The van der Waals surface area contributed by atoms with Gasteiger partial charge in [-0.15, -0.1) is 0 Å².